The first kappa shape index (κ1) is 9.37. The summed E-state index contributed by atoms with van der Waals surface area (Å²) in [6.07, 6.45) is 5.72. The monoisotopic (exact) mass is 208 g/mol. The van der Waals surface area contributed by atoms with Crippen LogP contribution in [0, 0.1) is 10.8 Å². The molecule has 0 aromatic carbocycles. The Hall–Kier alpha value is -0.860. The van der Waals surface area contributed by atoms with Gasteiger partial charge in [0.15, 0.2) is 0 Å². The predicted octanol–water partition coefficient (Wildman–Crippen LogP) is 1.84. The standard InChI is InChI=1S/C12H16O3/c1-8(13)15-10-7-12-5-2-4-11(10,12)6-3-9(12)14/h10H,2-7H2,1H3. The van der Waals surface area contributed by atoms with Crippen LogP contribution in [0.3, 0.4) is 0 Å². The Morgan fingerprint density at radius 2 is 2.20 bits per heavy atom. The van der Waals surface area contributed by atoms with Crippen molar-refractivity contribution < 1.29 is 14.3 Å². The highest BCUT2D eigenvalue weighted by Crippen LogP contribution is 2.73. The van der Waals surface area contributed by atoms with Crippen molar-refractivity contribution in [3.05, 3.63) is 0 Å². The molecular formula is C12H16O3. The van der Waals surface area contributed by atoms with Crippen LogP contribution in [0.2, 0.25) is 0 Å². The van der Waals surface area contributed by atoms with Gasteiger partial charge in [-0.1, -0.05) is 6.42 Å². The molecule has 0 aromatic rings. The van der Waals surface area contributed by atoms with Crippen LogP contribution in [0.5, 0.6) is 0 Å². The van der Waals surface area contributed by atoms with Gasteiger partial charge in [0.2, 0.25) is 0 Å². The Kier molecular flexibility index (Phi) is 1.64. The van der Waals surface area contributed by atoms with Crippen LogP contribution in [0.25, 0.3) is 0 Å². The van der Waals surface area contributed by atoms with Crippen molar-refractivity contribution in [1.29, 1.82) is 0 Å². The van der Waals surface area contributed by atoms with Crippen LogP contribution in [-0.2, 0) is 14.3 Å². The number of carbonyl (C=O) groups excluding carboxylic acids is 2. The quantitative estimate of drug-likeness (QED) is 0.617. The van der Waals surface area contributed by atoms with Gasteiger partial charge in [0.25, 0.3) is 0 Å². The number of rotatable bonds is 1. The summed E-state index contributed by atoms with van der Waals surface area (Å²) in [5.74, 6) is 0.234. The molecule has 3 nitrogen and oxygen atoms in total. The molecule has 3 aliphatic carbocycles. The second-order valence-corrected chi connectivity index (χ2v) is 5.32. The molecule has 0 amide bonds. The molecule has 3 unspecified atom stereocenters. The van der Waals surface area contributed by atoms with Gasteiger partial charge in [-0.05, 0) is 25.7 Å². The summed E-state index contributed by atoms with van der Waals surface area (Å²) in [5.41, 5.74) is -0.0249. The van der Waals surface area contributed by atoms with Crippen LogP contribution in [0.1, 0.15) is 45.4 Å². The van der Waals surface area contributed by atoms with Crippen molar-refractivity contribution in [2.75, 3.05) is 0 Å². The topological polar surface area (TPSA) is 43.4 Å². The molecule has 0 heterocycles. The van der Waals surface area contributed by atoms with Crippen molar-refractivity contribution >= 4 is 11.8 Å². The lowest BCUT2D eigenvalue weighted by Gasteiger charge is -2.55. The van der Waals surface area contributed by atoms with Crippen molar-refractivity contribution in [3.63, 3.8) is 0 Å². The van der Waals surface area contributed by atoms with Crippen LogP contribution in [0.4, 0.5) is 0 Å². The molecule has 3 aliphatic rings. The SMILES string of the molecule is CC(=O)OC1CC23CCCC12CCC3=O. The zero-order valence-electron chi connectivity index (χ0n) is 9.04. The fourth-order valence-electron chi connectivity index (χ4n) is 4.34. The van der Waals surface area contributed by atoms with Crippen molar-refractivity contribution in [3.8, 4) is 0 Å². The van der Waals surface area contributed by atoms with E-state index < -0.39 is 0 Å². The minimum absolute atomic E-state index is 0.0314. The van der Waals surface area contributed by atoms with Gasteiger partial charge in [0, 0.05) is 24.2 Å². The molecule has 15 heavy (non-hydrogen) atoms. The van der Waals surface area contributed by atoms with Gasteiger partial charge in [-0.15, -0.1) is 0 Å². The first-order chi connectivity index (χ1) is 7.11. The van der Waals surface area contributed by atoms with E-state index in [1.54, 1.807) is 0 Å². The minimum atomic E-state index is -0.200. The number of hydrogen-bond donors (Lipinski definition) is 0. The summed E-state index contributed by atoms with van der Waals surface area (Å²) >= 11 is 0. The molecule has 0 aromatic heterocycles. The van der Waals surface area contributed by atoms with E-state index in [2.05, 4.69) is 0 Å². The first-order valence-corrected chi connectivity index (χ1v) is 5.81. The van der Waals surface area contributed by atoms with Crippen LogP contribution in [-0.4, -0.2) is 17.9 Å². The van der Waals surface area contributed by atoms with E-state index in [0.29, 0.717) is 12.2 Å². The lowest BCUT2D eigenvalue weighted by molar-refractivity contribution is -0.194. The molecule has 0 N–H and O–H groups in total. The number of Topliss-reactive ketones (excluding diaryl/α,β-unsaturated/α-hetero) is 1. The summed E-state index contributed by atoms with van der Waals surface area (Å²) in [6, 6.07) is 0. The Morgan fingerprint density at radius 3 is 2.93 bits per heavy atom. The number of esters is 1. The maximum Gasteiger partial charge on any atom is 0.302 e. The maximum atomic E-state index is 11.9. The van der Waals surface area contributed by atoms with Gasteiger partial charge < -0.3 is 4.74 Å². The lowest BCUT2D eigenvalue weighted by atomic mass is 9.51. The lowest BCUT2D eigenvalue weighted by Crippen LogP contribution is -2.59. The van der Waals surface area contributed by atoms with E-state index in [9.17, 15) is 9.59 Å². The number of hydrogen-bond acceptors (Lipinski definition) is 3. The second-order valence-electron chi connectivity index (χ2n) is 5.32. The van der Waals surface area contributed by atoms with Crippen LogP contribution >= 0.6 is 0 Å². The third-order valence-corrected chi connectivity index (χ3v) is 4.97. The van der Waals surface area contributed by atoms with Crippen molar-refractivity contribution in [2.24, 2.45) is 10.8 Å². The zero-order chi connectivity index (χ0) is 10.7. The average molecular weight is 208 g/mol. The number of ketones is 1. The maximum absolute atomic E-state index is 11.9. The summed E-state index contributed by atoms with van der Waals surface area (Å²) in [7, 11) is 0. The molecule has 0 saturated heterocycles. The van der Waals surface area contributed by atoms with Crippen molar-refractivity contribution in [1.82, 2.24) is 0 Å². The highest BCUT2D eigenvalue weighted by molar-refractivity contribution is 5.90. The largest absolute Gasteiger partial charge is 0.462 e. The Labute approximate surface area is 89.2 Å². The molecule has 3 atom stereocenters. The third kappa shape index (κ3) is 0.876. The molecule has 0 spiro atoms. The minimum Gasteiger partial charge on any atom is -0.462 e. The van der Waals surface area contributed by atoms with Crippen molar-refractivity contribution in [2.45, 2.75) is 51.6 Å². The predicted molar refractivity (Wildman–Crippen MR) is 53.1 cm³/mol. The Balaban J connectivity index is 1.90. The second kappa shape index (κ2) is 2.63. The van der Waals surface area contributed by atoms with Gasteiger partial charge in [0.1, 0.15) is 11.9 Å². The summed E-state index contributed by atoms with van der Waals surface area (Å²) in [5, 5.41) is 0. The Morgan fingerprint density at radius 1 is 1.40 bits per heavy atom. The summed E-state index contributed by atoms with van der Waals surface area (Å²) < 4.78 is 5.36. The van der Waals surface area contributed by atoms with Gasteiger partial charge in [-0.3, -0.25) is 9.59 Å². The van der Waals surface area contributed by atoms with Gasteiger partial charge in [0.05, 0.1) is 0 Å². The normalized spacial score (nSPS) is 47.0. The zero-order valence-corrected chi connectivity index (χ0v) is 9.04. The van der Waals surface area contributed by atoms with Gasteiger partial charge >= 0.3 is 5.97 Å². The van der Waals surface area contributed by atoms with Gasteiger partial charge in [-0.25, -0.2) is 0 Å². The molecule has 3 rings (SSSR count). The summed E-state index contributed by atoms with van der Waals surface area (Å²) in [6.45, 7) is 1.46. The van der Waals surface area contributed by atoms with E-state index in [1.807, 2.05) is 0 Å². The average Bonchev–Trinajstić information content (AvgIpc) is 2.53. The molecule has 0 aliphatic heterocycles. The van der Waals surface area contributed by atoms with E-state index in [-0.39, 0.29) is 22.9 Å². The Bertz CT molecular complexity index is 349. The fraction of sp³-hybridized carbons (Fsp3) is 0.833. The molecule has 82 valence electrons. The molecule has 3 heteroatoms. The smallest absolute Gasteiger partial charge is 0.302 e. The highest BCUT2D eigenvalue weighted by Gasteiger charge is 2.74. The molecule has 3 saturated carbocycles. The van der Waals surface area contributed by atoms with E-state index in [1.165, 1.54) is 6.92 Å². The number of carbonyl (C=O) groups is 2. The molecule has 3 fully saturated rings. The first-order valence-electron chi connectivity index (χ1n) is 5.81. The van der Waals surface area contributed by atoms with E-state index in [4.69, 9.17) is 4.74 Å². The molecule has 0 radical (unpaired) electrons. The van der Waals surface area contributed by atoms with E-state index >= 15 is 0 Å². The number of ether oxygens (including phenoxy) is 1. The van der Waals surface area contributed by atoms with Gasteiger partial charge in [-0.2, -0.15) is 0 Å². The van der Waals surface area contributed by atoms with Crippen LogP contribution < -0.4 is 0 Å². The third-order valence-electron chi connectivity index (χ3n) is 4.97. The fourth-order valence-corrected chi connectivity index (χ4v) is 4.34. The van der Waals surface area contributed by atoms with Crippen LogP contribution in [0.15, 0.2) is 0 Å². The highest BCUT2D eigenvalue weighted by atomic mass is 16.5. The molecule has 0 bridgehead atoms. The molecular weight excluding hydrogens is 192 g/mol. The van der Waals surface area contributed by atoms with E-state index in [0.717, 1.165) is 32.1 Å². The summed E-state index contributed by atoms with van der Waals surface area (Å²) in [4.78, 5) is 22.9.